The van der Waals surface area contributed by atoms with Gasteiger partial charge >= 0.3 is 0 Å². The summed E-state index contributed by atoms with van der Waals surface area (Å²) in [5, 5.41) is 21.7. The van der Waals surface area contributed by atoms with Gasteiger partial charge in [-0.3, -0.25) is 0 Å². The molecule has 0 saturated carbocycles. The number of halogens is 1. The van der Waals surface area contributed by atoms with Crippen molar-refractivity contribution in [2.24, 2.45) is 0 Å². The third kappa shape index (κ3) is 3.77. The van der Waals surface area contributed by atoms with Gasteiger partial charge in [0.1, 0.15) is 29.9 Å². The molecular weight excluding hydrogens is 376 g/mol. The molecule has 0 bridgehead atoms. The van der Waals surface area contributed by atoms with E-state index in [1.54, 1.807) is 12.1 Å². The second-order valence-electron chi connectivity index (χ2n) is 6.27. The van der Waals surface area contributed by atoms with Gasteiger partial charge < -0.3 is 24.4 Å². The van der Waals surface area contributed by atoms with Crippen molar-refractivity contribution in [3.05, 3.63) is 65.2 Å². The normalized spacial score (nSPS) is 34.3. The van der Waals surface area contributed by atoms with Gasteiger partial charge in [-0.25, -0.2) is 0 Å². The number of hydrogen-bond donors (Lipinski definition) is 2. The maximum atomic E-state index is 10.6. The summed E-state index contributed by atoms with van der Waals surface area (Å²) >= 11 is 7.23. The fourth-order valence-corrected chi connectivity index (χ4v) is 4.29. The van der Waals surface area contributed by atoms with Gasteiger partial charge in [0.25, 0.3) is 0 Å². The Kier molecular flexibility index (Phi) is 5.52. The molecule has 2 aliphatic heterocycles. The molecule has 2 aromatic carbocycles. The van der Waals surface area contributed by atoms with E-state index in [4.69, 9.17) is 25.8 Å². The zero-order valence-electron chi connectivity index (χ0n) is 13.8. The minimum Gasteiger partial charge on any atom is -0.387 e. The molecule has 2 heterocycles. The molecule has 2 aromatic rings. The van der Waals surface area contributed by atoms with Crippen LogP contribution in [0.1, 0.15) is 11.9 Å². The number of aliphatic hydroxyl groups excluding tert-OH is 2. The summed E-state index contributed by atoms with van der Waals surface area (Å²) in [6.45, 7) is 0.283. The number of hydrogen-bond acceptors (Lipinski definition) is 6. The van der Waals surface area contributed by atoms with Gasteiger partial charge in [0.15, 0.2) is 6.29 Å². The molecule has 2 saturated heterocycles. The number of thioether (sulfide) groups is 1. The molecule has 26 heavy (non-hydrogen) atoms. The van der Waals surface area contributed by atoms with Gasteiger partial charge in [-0.15, -0.1) is 0 Å². The molecule has 2 fully saturated rings. The largest absolute Gasteiger partial charge is 0.387 e. The molecule has 0 spiro atoms. The van der Waals surface area contributed by atoms with Gasteiger partial charge in [0.2, 0.25) is 0 Å². The number of aliphatic hydroxyl groups is 2. The lowest BCUT2D eigenvalue weighted by Gasteiger charge is -2.46. The van der Waals surface area contributed by atoms with E-state index in [2.05, 4.69) is 0 Å². The summed E-state index contributed by atoms with van der Waals surface area (Å²) in [5.41, 5.74) is 0.248. The van der Waals surface area contributed by atoms with Gasteiger partial charge in [0.05, 0.1) is 6.61 Å². The number of rotatable bonds is 3. The van der Waals surface area contributed by atoms with Gasteiger partial charge in [-0.05, 0) is 24.3 Å². The van der Waals surface area contributed by atoms with Crippen LogP contribution in [0.25, 0.3) is 0 Å². The van der Waals surface area contributed by atoms with Crippen LogP contribution in [0.2, 0.25) is 5.02 Å². The van der Waals surface area contributed by atoms with E-state index in [9.17, 15) is 10.2 Å². The van der Waals surface area contributed by atoms with Crippen molar-refractivity contribution in [1.29, 1.82) is 0 Å². The highest BCUT2D eigenvalue weighted by atomic mass is 35.5. The third-order valence-electron chi connectivity index (χ3n) is 4.47. The second-order valence-corrected chi connectivity index (χ2v) is 7.88. The van der Waals surface area contributed by atoms with Crippen molar-refractivity contribution in [1.82, 2.24) is 0 Å². The summed E-state index contributed by atoms with van der Waals surface area (Å²) in [5.74, 6) is 0. The number of ether oxygens (including phenoxy) is 3. The molecule has 6 atom stereocenters. The molecule has 7 heteroatoms. The van der Waals surface area contributed by atoms with Gasteiger partial charge in [-0.1, -0.05) is 53.7 Å². The highest BCUT2D eigenvalue weighted by Gasteiger charge is 2.49. The molecule has 0 aliphatic carbocycles. The van der Waals surface area contributed by atoms with Crippen LogP contribution < -0.4 is 0 Å². The molecule has 2 N–H and O–H groups in total. The molecule has 0 unspecified atom stereocenters. The van der Waals surface area contributed by atoms with Crippen LogP contribution in [0.4, 0.5) is 0 Å². The zero-order chi connectivity index (χ0) is 18.1. The molecule has 138 valence electrons. The van der Waals surface area contributed by atoms with Crippen molar-refractivity contribution in [3.8, 4) is 0 Å². The highest BCUT2D eigenvalue weighted by Crippen LogP contribution is 2.38. The molecule has 2 aliphatic rings. The number of fused-ring (bicyclic) bond motifs is 1. The molecular formula is C19H19ClO5S. The van der Waals surface area contributed by atoms with Gasteiger partial charge in [-0.2, -0.15) is 0 Å². The summed E-state index contributed by atoms with van der Waals surface area (Å²) in [7, 11) is 0. The van der Waals surface area contributed by atoms with E-state index in [-0.39, 0.29) is 6.61 Å². The third-order valence-corrected chi connectivity index (χ3v) is 5.89. The van der Waals surface area contributed by atoms with Crippen LogP contribution in [0.5, 0.6) is 0 Å². The maximum Gasteiger partial charge on any atom is 0.184 e. The van der Waals surface area contributed by atoms with Crippen molar-refractivity contribution in [2.75, 3.05) is 6.61 Å². The SMILES string of the molecule is O[C@@H]1[C@@H](O)[C@H](Sc2ccc(Cl)cc2)O[C@@H]2CO[C@@H](c3ccccc3)O[C@@H]12. The van der Waals surface area contributed by atoms with E-state index in [0.717, 1.165) is 10.5 Å². The highest BCUT2D eigenvalue weighted by molar-refractivity contribution is 7.99. The first-order valence-electron chi connectivity index (χ1n) is 8.37. The van der Waals surface area contributed by atoms with Crippen molar-refractivity contribution >= 4 is 23.4 Å². The minimum atomic E-state index is -1.08. The van der Waals surface area contributed by atoms with E-state index in [1.807, 2.05) is 42.5 Å². The Bertz CT molecular complexity index is 726. The Morgan fingerprint density at radius 2 is 1.65 bits per heavy atom. The van der Waals surface area contributed by atoms with Crippen molar-refractivity contribution in [2.45, 2.75) is 41.0 Å². The van der Waals surface area contributed by atoms with E-state index in [0.29, 0.717) is 5.02 Å². The van der Waals surface area contributed by atoms with E-state index >= 15 is 0 Å². The summed E-state index contributed by atoms with van der Waals surface area (Å²) in [6.07, 6.45) is -3.81. The van der Waals surface area contributed by atoms with E-state index in [1.165, 1.54) is 11.8 Å². The Balaban J connectivity index is 1.45. The first-order valence-corrected chi connectivity index (χ1v) is 9.63. The predicted octanol–water partition coefficient (Wildman–Crippen LogP) is 2.99. The lowest BCUT2D eigenvalue weighted by atomic mass is 9.99. The Morgan fingerprint density at radius 1 is 0.923 bits per heavy atom. The zero-order valence-corrected chi connectivity index (χ0v) is 15.3. The smallest absolute Gasteiger partial charge is 0.184 e. The molecule has 0 radical (unpaired) electrons. The lowest BCUT2D eigenvalue weighted by Crippen LogP contribution is -2.60. The topological polar surface area (TPSA) is 68.2 Å². The van der Waals surface area contributed by atoms with Crippen LogP contribution in [0.15, 0.2) is 59.5 Å². The first kappa shape index (κ1) is 18.3. The Morgan fingerprint density at radius 3 is 2.38 bits per heavy atom. The summed E-state index contributed by atoms with van der Waals surface area (Å²) < 4.78 is 17.6. The maximum absolute atomic E-state index is 10.6. The standard InChI is InChI=1S/C19H19ClO5S/c20-12-6-8-13(9-7-12)26-19-16(22)15(21)17-14(24-19)10-23-18(25-17)11-4-2-1-3-5-11/h1-9,14-19,21-22H,10H2/t14-,15-,16-,17-,18-,19+/m1/s1. The van der Waals surface area contributed by atoms with Crippen molar-refractivity contribution < 1.29 is 24.4 Å². The summed E-state index contributed by atoms with van der Waals surface area (Å²) in [4.78, 5) is 0.893. The molecule has 0 amide bonds. The Labute approximate surface area is 160 Å². The van der Waals surface area contributed by atoms with Crippen LogP contribution >= 0.6 is 23.4 Å². The molecule has 4 rings (SSSR count). The second kappa shape index (κ2) is 7.86. The van der Waals surface area contributed by atoms with Crippen LogP contribution in [-0.2, 0) is 14.2 Å². The molecule has 5 nitrogen and oxygen atoms in total. The van der Waals surface area contributed by atoms with Gasteiger partial charge in [0, 0.05) is 15.5 Å². The Hall–Kier alpha value is -1.12. The predicted molar refractivity (Wildman–Crippen MR) is 98.0 cm³/mol. The quantitative estimate of drug-likeness (QED) is 0.834. The fourth-order valence-electron chi connectivity index (χ4n) is 3.10. The van der Waals surface area contributed by atoms with Crippen LogP contribution in [-0.4, -0.2) is 46.7 Å². The average Bonchev–Trinajstić information content (AvgIpc) is 2.68. The first-order chi connectivity index (χ1) is 12.6. The molecule has 0 aromatic heterocycles. The van der Waals surface area contributed by atoms with Crippen LogP contribution in [0, 0.1) is 0 Å². The fraction of sp³-hybridized carbons (Fsp3) is 0.368. The summed E-state index contributed by atoms with van der Waals surface area (Å²) in [6, 6.07) is 16.8. The monoisotopic (exact) mass is 394 g/mol. The van der Waals surface area contributed by atoms with E-state index < -0.39 is 36.1 Å². The lowest BCUT2D eigenvalue weighted by molar-refractivity contribution is -0.318. The van der Waals surface area contributed by atoms with Crippen LogP contribution in [0.3, 0.4) is 0 Å². The number of benzene rings is 2. The van der Waals surface area contributed by atoms with Crippen molar-refractivity contribution in [3.63, 3.8) is 0 Å². The average molecular weight is 395 g/mol. The minimum absolute atomic E-state index is 0.283.